The van der Waals surface area contributed by atoms with Crippen molar-refractivity contribution in [1.29, 1.82) is 0 Å². The van der Waals surface area contributed by atoms with E-state index in [1.54, 1.807) is 72.8 Å². The number of unbranched alkanes of at least 4 members (excludes halogenated alkanes) is 18. The molecule has 0 atom stereocenters. The maximum absolute atomic E-state index is 13.1. The largest absolute Gasteiger partial charge is 0.492 e. The van der Waals surface area contributed by atoms with Crippen LogP contribution in [0.15, 0.2) is 109 Å². The van der Waals surface area contributed by atoms with E-state index in [0.29, 0.717) is 40.7 Å². The molecule has 0 aliphatic carbocycles. The van der Waals surface area contributed by atoms with Gasteiger partial charge in [-0.3, -0.25) is 10.1 Å². The summed E-state index contributed by atoms with van der Waals surface area (Å²) in [6.45, 7) is 5.58. The average molecular weight is 971 g/mol. The summed E-state index contributed by atoms with van der Waals surface area (Å²) in [6.07, 6.45) is 32.3. The molecule has 0 saturated carbocycles. The maximum atomic E-state index is 13.1. The summed E-state index contributed by atoms with van der Waals surface area (Å²) >= 11 is 6.55. The molecule has 70 heavy (non-hydrogen) atoms. The monoisotopic (exact) mass is 969 g/mol. The quantitative estimate of drug-likeness (QED) is 0.0102. The van der Waals surface area contributed by atoms with Crippen LogP contribution < -0.4 is 18.9 Å². The Hall–Kier alpha value is -6.19. The summed E-state index contributed by atoms with van der Waals surface area (Å²) in [5.41, 5.74) is 3.86. The molecule has 5 aromatic carbocycles. The zero-order valence-electron chi connectivity index (χ0n) is 41.3. The van der Waals surface area contributed by atoms with Crippen molar-refractivity contribution < 1.29 is 33.5 Å². The van der Waals surface area contributed by atoms with E-state index in [0.717, 1.165) is 42.4 Å². The molecule has 0 radical (unpaired) electrons. The second kappa shape index (κ2) is 31.8. The number of rotatable bonds is 33. The lowest BCUT2D eigenvalue weighted by Gasteiger charge is -2.09. The topological polar surface area (TPSA) is 114 Å². The Balaban J connectivity index is 1.02. The molecule has 0 saturated heterocycles. The predicted molar refractivity (Wildman–Crippen MR) is 286 cm³/mol. The summed E-state index contributed by atoms with van der Waals surface area (Å²) in [7, 11) is 0. The summed E-state index contributed by atoms with van der Waals surface area (Å²) in [5, 5.41) is 12.4. The van der Waals surface area contributed by atoms with E-state index in [1.165, 1.54) is 115 Å². The molecule has 5 rings (SSSR count). The normalized spacial score (nSPS) is 11.3. The number of nitro groups is 1. The fourth-order valence-electron chi connectivity index (χ4n) is 7.96. The lowest BCUT2D eigenvalue weighted by molar-refractivity contribution is -0.385. The van der Waals surface area contributed by atoms with Crippen molar-refractivity contribution in [3.63, 3.8) is 0 Å². The number of nitrogens with zero attached hydrogens (tertiary/aromatic N) is 1. The van der Waals surface area contributed by atoms with Crippen LogP contribution >= 0.6 is 11.6 Å². The molecular formula is C60H72ClNO8. The third-order valence-corrected chi connectivity index (χ3v) is 12.4. The zero-order valence-corrected chi connectivity index (χ0v) is 42.1. The molecule has 0 aliphatic heterocycles. The number of ether oxygens (including phenoxy) is 4. The van der Waals surface area contributed by atoms with Crippen LogP contribution in [0.4, 0.5) is 5.69 Å². The zero-order chi connectivity index (χ0) is 49.6. The molecule has 0 fully saturated rings. The van der Waals surface area contributed by atoms with Crippen molar-refractivity contribution >= 4 is 53.5 Å². The van der Waals surface area contributed by atoms with Gasteiger partial charge in [-0.15, -0.1) is 0 Å². The molecule has 0 aromatic heterocycles. The Labute approximate surface area is 421 Å². The van der Waals surface area contributed by atoms with Crippen LogP contribution in [0.1, 0.15) is 185 Å². The second-order valence-corrected chi connectivity index (χ2v) is 18.3. The first-order valence-electron chi connectivity index (χ1n) is 25.7. The highest BCUT2D eigenvalue weighted by Gasteiger charge is 2.16. The van der Waals surface area contributed by atoms with Crippen LogP contribution in [-0.4, -0.2) is 30.1 Å². The molecule has 0 heterocycles. The van der Waals surface area contributed by atoms with Gasteiger partial charge in [-0.05, 0) is 89.7 Å². The van der Waals surface area contributed by atoms with Gasteiger partial charge in [-0.2, -0.15) is 0 Å². The number of hydrogen-bond donors (Lipinski definition) is 0. The molecular weight excluding hydrogens is 898 g/mol. The van der Waals surface area contributed by atoms with Crippen molar-refractivity contribution in [2.75, 3.05) is 13.2 Å². The van der Waals surface area contributed by atoms with Gasteiger partial charge in [0.2, 0.25) is 0 Å². The van der Waals surface area contributed by atoms with Crippen molar-refractivity contribution in [2.24, 2.45) is 0 Å². The van der Waals surface area contributed by atoms with Gasteiger partial charge in [0, 0.05) is 12.1 Å². The van der Waals surface area contributed by atoms with Crippen molar-refractivity contribution in [3.8, 4) is 23.0 Å². The van der Waals surface area contributed by atoms with Gasteiger partial charge in [0.1, 0.15) is 17.2 Å². The van der Waals surface area contributed by atoms with Crippen molar-refractivity contribution in [1.82, 2.24) is 0 Å². The van der Waals surface area contributed by atoms with Crippen LogP contribution in [0.2, 0.25) is 5.02 Å². The third-order valence-electron chi connectivity index (χ3n) is 12.1. The Bertz CT molecular complexity index is 2410. The molecule has 0 bridgehead atoms. The molecule has 9 nitrogen and oxygen atoms in total. The minimum Gasteiger partial charge on any atom is -0.492 e. The van der Waals surface area contributed by atoms with Crippen LogP contribution in [-0.2, 0) is 0 Å². The van der Waals surface area contributed by atoms with E-state index in [4.69, 9.17) is 30.5 Å². The van der Waals surface area contributed by atoms with Crippen LogP contribution in [0.3, 0.4) is 0 Å². The van der Waals surface area contributed by atoms with E-state index >= 15 is 0 Å². The Morgan fingerprint density at radius 1 is 0.471 bits per heavy atom. The van der Waals surface area contributed by atoms with Crippen LogP contribution in [0.25, 0.3) is 24.3 Å². The number of esters is 2. The predicted octanol–water partition coefficient (Wildman–Crippen LogP) is 17.6. The molecule has 0 N–H and O–H groups in total. The second-order valence-electron chi connectivity index (χ2n) is 17.9. The highest BCUT2D eigenvalue weighted by Crippen LogP contribution is 2.30. The van der Waals surface area contributed by atoms with E-state index in [-0.39, 0.29) is 22.9 Å². The Morgan fingerprint density at radius 3 is 1.27 bits per heavy atom. The number of carbonyl (C=O) groups excluding carboxylic acids is 2. The smallest absolute Gasteiger partial charge is 0.343 e. The molecule has 0 unspecified atom stereocenters. The number of nitro benzene ring substituents is 1. The fraction of sp³-hybridized carbons (Fsp3) is 0.400. The first-order chi connectivity index (χ1) is 34.2. The maximum Gasteiger partial charge on any atom is 0.343 e. The van der Waals surface area contributed by atoms with E-state index in [1.807, 2.05) is 48.6 Å². The van der Waals surface area contributed by atoms with Gasteiger partial charge in [0.05, 0.1) is 34.3 Å². The lowest BCUT2D eigenvalue weighted by atomic mass is 10.1. The first kappa shape index (κ1) is 54.7. The van der Waals surface area contributed by atoms with Crippen molar-refractivity contribution in [2.45, 2.75) is 142 Å². The van der Waals surface area contributed by atoms with Crippen LogP contribution in [0.5, 0.6) is 23.0 Å². The number of hydrogen-bond acceptors (Lipinski definition) is 8. The average Bonchev–Trinajstić information content (AvgIpc) is 3.37. The number of benzene rings is 5. The summed E-state index contributed by atoms with van der Waals surface area (Å²) < 4.78 is 23.0. The number of carbonyl (C=O) groups is 2. The Morgan fingerprint density at radius 2 is 0.843 bits per heavy atom. The molecule has 5 aromatic rings. The van der Waals surface area contributed by atoms with E-state index in [9.17, 15) is 19.7 Å². The van der Waals surface area contributed by atoms with Gasteiger partial charge in [-0.25, -0.2) is 9.59 Å². The molecule has 0 amide bonds. The summed E-state index contributed by atoms with van der Waals surface area (Å²) in [6, 6.07) is 30.9. The molecule has 0 aliphatic rings. The summed E-state index contributed by atoms with van der Waals surface area (Å²) in [4.78, 5) is 37.6. The Kier molecular flexibility index (Phi) is 24.9. The molecule has 372 valence electrons. The van der Waals surface area contributed by atoms with Crippen molar-refractivity contribution in [3.05, 3.63) is 158 Å². The first-order valence-corrected chi connectivity index (χ1v) is 26.0. The van der Waals surface area contributed by atoms with Gasteiger partial charge in [-0.1, -0.05) is 208 Å². The summed E-state index contributed by atoms with van der Waals surface area (Å²) in [5.74, 6) is 0.254. The number of halogens is 1. The standard InChI is InChI=1S/C60H72ClNO8/c1-3-5-7-9-11-13-15-17-19-21-42-67-57-40-34-49(44-55(57)61)28-26-47-30-36-51(37-31-47)59(63)69-53-24-23-25-54(46-53)70-60(64)52-38-32-48(33-39-52)27-29-50-35-41-58(56(45-50)62(65)66)68-43-22-20-18-16-14-12-10-8-6-4-2/h23-41,44-46H,3-22,42-43H2,1-2H3/b28-26+,29-27+. The van der Waals surface area contributed by atoms with E-state index < -0.39 is 16.9 Å². The minimum absolute atomic E-state index is 0.0752. The lowest BCUT2D eigenvalue weighted by Crippen LogP contribution is -2.10. The highest BCUT2D eigenvalue weighted by molar-refractivity contribution is 6.32. The van der Waals surface area contributed by atoms with Gasteiger partial charge >= 0.3 is 17.6 Å². The molecule has 10 heteroatoms. The van der Waals surface area contributed by atoms with E-state index in [2.05, 4.69) is 13.8 Å². The van der Waals surface area contributed by atoms with Gasteiger partial charge in [0.15, 0.2) is 5.75 Å². The SMILES string of the molecule is CCCCCCCCCCCCOc1ccc(/C=C/c2ccc(C(=O)Oc3cccc(OC(=O)c4ccc(/C=C/c5ccc(OCCCCCCCCCCCC)c([N+](=O)[O-])c5)cc4)c3)cc2)cc1Cl. The fourth-order valence-corrected chi connectivity index (χ4v) is 8.21. The van der Waals surface area contributed by atoms with Crippen LogP contribution in [0, 0.1) is 10.1 Å². The molecule has 0 spiro atoms. The highest BCUT2D eigenvalue weighted by atomic mass is 35.5. The third kappa shape index (κ3) is 20.4. The van der Waals surface area contributed by atoms with Gasteiger partial charge < -0.3 is 18.9 Å². The minimum atomic E-state index is -0.585. The van der Waals surface area contributed by atoms with Gasteiger partial charge in [0.25, 0.3) is 0 Å².